The number of amides is 1. The number of carbonyl (C=O) groups excluding carboxylic acids is 1. The Morgan fingerprint density at radius 2 is 1.80 bits per heavy atom. The number of nitrogens with zero attached hydrogens (tertiary/aromatic N) is 5. The summed E-state index contributed by atoms with van der Waals surface area (Å²) in [5, 5.41) is 44.7. The van der Waals surface area contributed by atoms with Crippen molar-refractivity contribution in [2.75, 3.05) is 17.2 Å². The highest BCUT2D eigenvalue weighted by molar-refractivity contribution is 5.93. The number of aryl methyl sites for hydroxylation is 1. The zero-order valence-corrected chi connectivity index (χ0v) is 22.7. The summed E-state index contributed by atoms with van der Waals surface area (Å²) in [5.74, 6) is -1.67. The molecule has 3 aromatic heterocycles. The number of piperidine rings is 1. The fraction of sp³-hybridized carbons (Fsp3) is 0.462. The third kappa shape index (κ3) is 6.99. The number of hydrogen-bond donors (Lipinski definition) is 7. The van der Waals surface area contributed by atoms with Gasteiger partial charge in [0.2, 0.25) is 11.9 Å². The van der Waals surface area contributed by atoms with Crippen LogP contribution in [-0.2, 0) is 21.4 Å². The zero-order valence-electron chi connectivity index (χ0n) is 22.7. The van der Waals surface area contributed by atoms with Crippen molar-refractivity contribution in [3.05, 3.63) is 36.8 Å². The van der Waals surface area contributed by atoms with Gasteiger partial charge in [-0.15, -0.1) is 0 Å². The van der Waals surface area contributed by atoms with Crippen molar-refractivity contribution in [2.24, 2.45) is 7.05 Å². The normalized spacial score (nSPS) is 20.0. The lowest BCUT2D eigenvalue weighted by atomic mass is 9.99. The number of aromatic amines is 1. The van der Waals surface area contributed by atoms with Crippen LogP contribution in [0.2, 0.25) is 0 Å². The van der Waals surface area contributed by atoms with Crippen LogP contribution in [0.25, 0.3) is 11.0 Å². The van der Waals surface area contributed by atoms with E-state index in [4.69, 9.17) is 30.4 Å². The Morgan fingerprint density at radius 1 is 1.12 bits per heavy atom. The number of fused-ring (bicyclic) bond motifs is 1. The lowest BCUT2D eigenvalue weighted by molar-refractivity contribution is -0.165. The molecule has 15 nitrogen and oxygen atoms in total. The minimum absolute atomic E-state index is 0.0221. The summed E-state index contributed by atoms with van der Waals surface area (Å²) >= 11 is 0. The van der Waals surface area contributed by atoms with E-state index in [0.717, 1.165) is 35.4 Å². The summed E-state index contributed by atoms with van der Waals surface area (Å²) in [6.45, 7) is 6.38. The molecule has 1 aliphatic carbocycles. The molecule has 4 atom stereocenters. The van der Waals surface area contributed by atoms with Crippen LogP contribution in [0.3, 0.4) is 0 Å². The van der Waals surface area contributed by atoms with Crippen molar-refractivity contribution in [1.29, 1.82) is 0 Å². The van der Waals surface area contributed by atoms with E-state index in [2.05, 4.69) is 40.4 Å². The third-order valence-electron chi connectivity index (χ3n) is 7.03. The topological polar surface area (TPSA) is 219 Å². The predicted octanol–water partition coefficient (Wildman–Crippen LogP) is 1.17. The number of aliphatic carboxylic acids is 2. The number of hydrogen-bond acceptors (Lipinski definition) is 10. The fourth-order valence-electron chi connectivity index (χ4n) is 4.66. The standard InChI is InChI=1S/C22H28N8O.C4H6O6/c1-4-18(31)30-12-15(8-5-13(30)2)25-21-19-17(14-6-7-14)10-23-20(19)27-22(28-21)26-16-9-24-29(3)11-16;5-1(3(7)8)2(6)4(9)10/h4,9-11,13-15H,1,5-8,12H2,2-3H3,(H3,23,25,26,27,28);1-2,5-6H,(H,7,8)(H,9,10)/t13-,15+;1-,2-/m01/s1. The van der Waals surface area contributed by atoms with Crippen LogP contribution < -0.4 is 10.6 Å². The minimum Gasteiger partial charge on any atom is -0.479 e. The Bertz CT molecular complexity index is 1410. The highest BCUT2D eigenvalue weighted by Gasteiger charge is 2.32. The molecule has 41 heavy (non-hydrogen) atoms. The molecule has 0 bridgehead atoms. The molecule has 0 spiro atoms. The van der Waals surface area contributed by atoms with Gasteiger partial charge in [-0.25, -0.2) is 9.59 Å². The number of aliphatic hydroxyl groups is 2. The molecule has 3 aromatic rings. The van der Waals surface area contributed by atoms with E-state index in [-0.39, 0.29) is 18.0 Å². The van der Waals surface area contributed by atoms with Gasteiger partial charge < -0.3 is 40.9 Å². The molecule has 2 aliphatic rings. The molecule has 220 valence electrons. The van der Waals surface area contributed by atoms with Gasteiger partial charge in [-0.3, -0.25) is 9.48 Å². The smallest absolute Gasteiger partial charge is 0.335 e. The van der Waals surface area contributed by atoms with E-state index in [1.165, 1.54) is 24.5 Å². The summed E-state index contributed by atoms with van der Waals surface area (Å²) in [6.07, 6.45) is 6.86. The van der Waals surface area contributed by atoms with Gasteiger partial charge in [0.15, 0.2) is 12.2 Å². The van der Waals surface area contributed by atoms with Gasteiger partial charge in [-0.2, -0.15) is 15.1 Å². The first-order chi connectivity index (χ1) is 19.5. The second-order valence-corrected chi connectivity index (χ2v) is 10.2. The molecule has 1 amide bonds. The van der Waals surface area contributed by atoms with Crippen molar-refractivity contribution in [3.63, 3.8) is 0 Å². The molecule has 7 N–H and O–H groups in total. The molecular weight excluding hydrogens is 536 g/mol. The van der Waals surface area contributed by atoms with Gasteiger partial charge in [0, 0.05) is 38.1 Å². The highest BCUT2D eigenvalue weighted by atomic mass is 16.4. The average molecular weight is 571 g/mol. The maximum absolute atomic E-state index is 12.3. The molecule has 15 heteroatoms. The van der Waals surface area contributed by atoms with Crippen LogP contribution in [0.1, 0.15) is 44.1 Å². The van der Waals surface area contributed by atoms with Crippen LogP contribution in [0.4, 0.5) is 17.5 Å². The van der Waals surface area contributed by atoms with Crippen molar-refractivity contribution in [1.82, 2.24) is 29.6 Å². The molecule has 0 aromatic carbocycles. The molecule has 0 unspecified atom stereocenters. The van der Waals surface area contributed by atoms with Crippen LogP contribution in [0.5, 0.6) is 0 Å². The SMILES string of the molecule is C=CC(=O)N1C[C@H](Nc2nc(Nc3cnn(C)c3)nc3[nH]cc(C4CC4)c23)CC[C@@H]1C.O=C(O)[C@H](O)[C@@H](O)C(=O)O. The minimum atomic E-state index is -2.27. The summed E-state index contributed by atoms with van der Waals surface area (Å²) < 4.78 is 1.73. The van der Waals surface area contributed by atoms with Gasteiger partial charge >= 0.3 is 11.9 Å². The first-order valence-corrected chi connectivity index (χ1v) is 13.1. The number of nitrogens with one attached hydrogen (secondary N) is 3. The fourth-order valence-corrected chi connectivity index (χ4v) is 4.66. The number of anilines is 3. The van der Waals surface area contributed by atoms with Gasteiger partial charge in [0.05, 0.1) is 17.3 Å². The summed E-state index contributed by atoms with van der Waals surface area (Å²) in [6, 6.07) is 0.331. The number of carbonyl (C=O) groups is 3. The zero-order chi connectivity index (χ0) is 29.8. The molecule has 1 saturated carbocycles. The lowest BCUT2D eigenvalue weighted by Crippen LogP contribution is -2.49. The van der Waals surface area contributed by atoms with Crippen LogP contribution in [0, 0.1) is 0 Å². The Labute approximate surface area is 234 Å². The molecule has 5 rings (SSSR count). The molecule has 0 radical (unpaired) electrons. The number of rotatable bonds is 9. The number of carboxylic acid groups (broad SMARTS) is 2. The van der Waals surface area contributed by atoms with Crippen LogP contribution in [0.15, 0.2) is 31.2 Å². The van der Waals surface area contributed by atoms with E-state index < -0.39 is 24.1 Å². The number of carboxylic acids is 2. The largest absolute Gasteiger partial charge is 0.479 e. The average Bonchev–Trinajstić information content (AvgIpc) is 3.57. The quantitative estimate of drug-likeness (QED) is 0.180. The maximum Gasteiger partial charge on any atom is 0.335 e. The molecular formula is C26H34N8O7. The van der Waals surface area contributed by atoms with E-state index in [1.54, 1.807) is 10.9 Å². The maximum atomic E-state index is 12.3. The summed E-state index contributed by atoms with van der Waals surface area (Å²) in [4.78, 5) is 46.6. The van der Waals surface area contributed by atoms with Gasteiger partial charge in [0.1, 0.15) is 11.5 Å². The van der Waals surface area contributed by atoms with E-state index in [1.807, 2.05) is 18.1 Å². The van der Waals surface area contributed by atoms with Crippen molar-refractivity contribution >= 4 is 46.3 Å². The third-order valence-corrected chi connectivity index (χ3v) is 7.03. The Hall–Kier alpha value is -4.50. The second kappa shape index (κ2) is 12.3. The number of aromatic nitrogens is 5. The lowest BCUT2D eigenvalue weighted by Gasteiger charge is -2.38. The molecule has 4 heterocycles. The van der Waals surface area contributed by atoms with Gasteiger partial charge in [-0.05, 0) is 50.2 Å². The second-order valence-electron chi connectivity index (χ2n) is 10.2. The first-order valence-electron chi connectivity index (χ1n) is 13.1. The van der Waals surface area contributed by atoms with Crippen LogP contribution in [-0.4, -0.2) is 98.7 Å². The van der Waals surface area contributed by atoms with E-state index in [9.17, 15) is 14.4 Å². The first kappa shape index (κ1) is 29.5. The summed E-state index contributed by atoms with van der Waals surface area (Å²) in [7, 11) is 1.87. The number of likely N-dealkylation sites (tertiary alicyclic amines) is 1. The van der Waals surface area contributed by atoms with Gasteiger partial charge in [-0.1, -0.05) is 6.58 Å². The van der Waals surface area contributed by atoms with Crippen molar-refractivity contribution in [2.45, 2.75) is 62.8 Å². The summed E-state index contributed by atoms with van der Waals surface area (Å²) in [5.41, 5.74) is 2.92. The van der Waals surface area contributed by atoms with E-state index >= 15 is 0 Å². The molecule has 2 fully saturated rings. The Balaban J connectivity index is 0.000000334. The highest BCUT2D eigenvalue weighted by Crippen LogP contribution is 2.45. The Morgan fingerprint density at radius 3 is 2.37 bits per heavy atom. The van der Waals surface area contributed by atoms with Crippen molar-refractivity contribution < 1.29 is 34.8 Å². The number of H-pyrrole nitrogens is 1. The van der Waals surface area contributed by atoms with Gasteiger partial charge in [0.25, 0.3) is 0 Å². The van der Waals surface area contributed by atoms with Crippen LogP contribution >= 0.6 is 0 Å². The molecule has 1 saturated heterocycles. The van der Waals surface area contributed by atoms with E-state index in [0.29, 0.717) is 18.4 Å². The number of aliphatic hydroxyl groups excluding tert-OH is 2. The predicted molar refractivity (Wildman–Crippen MR) is 148 cm³/mol. The molecule has 1 aliphatic heterocycles. The monoisotopic (exact) mass is 570 g/mol. The van der Waals surface area contributed by atoms with Crippen molar-refractivity contribution in [3.8, 4) is 0 Å². The Kier molecular flexibility index (Phi) is 8.88.